The number of carbonyl (C=O) groups excluding carboxylic acids is 1. The number of nitrogens with zero attached hydrogens (tertiary/aromatic N) is 1. The lowest BCUT2D eigenvalue weighted by molar-refractivity contribution is -0.154. The molecule has 0 atom stereocenters. The van der Waals surface area contributed by atoms with Crippen LogP contribution in [-0.4, -0.2) is 23.7 Å². The second kappa shape index (κ2) is 7.13. The van der Waals surface area contributed by atoms with Crippen molar-refractivity contribution in [1.29, 1.82) is 0 Å². The molecule has 0 radical (unpaired) electrons. The molecule has 7 heteroatoms. The van der Waals surface area contributed by atoms with Gasteiger partial charge >= 0.3 is 6.18 Å². The first-order chi connectivity index (χ1) is 10.9. The van der Waals surface area contributed by atoms with Crippen LogP contribution in [0.25, 0.3) is 0 Å². The van der Waals surface area contributed by atoms with E-state index in [0.29, 0.717) is 5.69 Å². The van der Waals surface area contributed by atoms with Gasteiger partial charge in [-0.3, -0.25) is 4.79 Å². The van der Waals surface area contributed by atoms with Gasteiger partial charge in [0, 0.05) is 11.9 Å². The first-order valence-corrected chi connectivity index (χ1v) is 6.94. The summed E-state index contributed by atoms with van der Waals surface area (Å²) in [6.45, 7) is 0.503. The molecule has 1 aromatic carbocycles. The number of aryl methyl sites for hydroxylation is 1. The van der Waals surface area contributed by atoms with Crippen molar-refractivity contribution in [2.45, 2.75) is 19.5 Å². The van der Waals surface area contributed by atoms with Crippen molar-refractivity contribution in [3.63, 3.8) is 0 Å². The number of benzene rings is 1. The maximum atomic E-state index is 12.2. The Morgan fingerprint density at radius 2 is 1.91 bits per heavy atom. The molecule has 0 aliphatic carbocycles. The Kier molecular flexibility index (Phi) is 5.20. The average Bonchev–Trinajstić information content (AvgIpc) is 2.53. The largest absolute Gasteiger partial charge is 0.467 e. The lowest BCUT2D eigenvalue weighted by Gasteiger charge is -2.12. The van der Waals surface area contributed by atoms with Crippen molar-refractivity contribution >= 4 is 11.6 Å². The highest BCUT2D eigenvalue weighted by atomic mass is 19.4. The van der Waals surface area contributed by atoms with E-state index in [9.17, 15) is 18.0 Å². The third-order valence-electron chi connectivity index (χ3n) is 3.01. The molecule has 23 heavy (non-hydrogen) atoms. The van der Waals surface area contributed by atoms with E-state index in [2.05, 4.69) is 15.0 Å². The van der Waals surface area contributed by atoms with Crippen molar-refractivity contribution in [3.8, 4) is 5.88 Å². The maximum absolute atomic E-state index is 12.2. The molecule has 0 saturated heterocycles. The van der Waals surface area contributed by atoms with Crippen molar-refractivity contribution < 1.29 is 22.7 Å². The molecule has 0 aliphatic rings. The highest BCUT2D eigenvalue weighted by molar-refractivity contribution is 6.05. The predicted molar refractivity (Wildman–Crippen MR) is 79.6 cm³/mol. The summed E-state index contributed by atoms with van der Waals surface area (Å²) in [6.07, 6.45) is -2.37. The van der Waals surface area contributed by atoms with Crippen molar-refractivity contribution in [2.24, 2.45) is 0 Å². The van der Waals surface area contributed by atoms with Gasteiger partial charge in [-0.2, -0.15) is 13.2 Å². The minimum absolute atomic E-state index is 0.0590. The quantitative estimate of drug-likeness (QED) is 0.909. The Morgan fingerprint density at radius 1 is 1.22 bits per heavy atom. The zero-order chi connectivity index (χ0) is 16.9. The summed E-state index contributed by atoms with van der Waals surface area (Å²) in [6, 6.07) is 9.98. The zero-order valence-electron chi connectivity index (χ0n) is 12.4. The predicted octanol–water partition coefficient (Wildman–Crippen LogP) is 3.84. The van der Waals surface area contributed by atoms with Gasteiger partial charge in [-0.15, -0.1) is 0 Å². The van der Waals surface area contributed by atoms with Crippen molar-refractivity contribution in [2.75, 3.05) is 11.9 Å². The fraction of sp³-hybridized carbons (Fsp3) is 0.250. The Morgan fingerprint density at radius 3 is 2.52 bits per heavy atom. The number of hydrogen-bond acceptors (Lipinski definition) is 3. The summed E-state index contributed by atoms with van der Waals surface area (Å²) >= 11 is 0. The highest BCUT2D eigenvalue weighted by Crippen LogP contribution is 2.21. The van der Waals surface area contributed by atoms with Gasteiger partial charge in [0.15, 0.2) is 6.61 Å². The number of hydrogen-bond donors (Lipinski definition) is 1. The van der Waals surface area contributed by atoms with E-state index in [0.717, 1.165) is 12.0 Å². The standard InChI is InChI=1S/C16H15F3N2O2/c1-2-11-5-7-12(8-6-11)21-14(22)13-4-3-9-20-15(13)23-10-16(17,18)19/h3-9H,2,10H2,1H3,(H,21,22). The van der Waals surface area contributed by atoms with Crippen LogP contribution in [0.5, 0.6) is 5.88 Å². The lowest BCUT2D eigenvalue weighted by atomic mass is 10.1. The average molecular weight is 324 g/mol. The molecule has 0 spiro atoms. The number of rotatable bonds is 5. The number of halogens is 3. The van der Waals surface area contributed by atoms with E-state index in [1.54, 1.807) is 12.1 Å². The number of alkyl halides is 3. The van der Waals surface area contributed by atoms with Gasteiger partial charge in [-0.25, -0.2) is 4.98 Å². The second-order valence-corrected chi connectivity index (χ2v) is 4.76. The number of aromatic nitrogens is 1. The number of ether oxygens (including phenoxy) is 1. The number of amides is 1. The summed E-state index contributed by atoms with van der Waals surface area (Å²) in [5.74, 6) is -0.938. The molecular formula is C16H15F3N2O2. The van der Waals surface area contributed by atoms with E-state index in [1.807, 2.05) is 19.1 Å². The molecule has 0 unspecified atom stereocenters. The minimum atomic E-state index is -4.50. The monoisotopic (exact) mass is 324 g/mol. The number of pyridine rings is 1. The third kappa shape index (κ3) is 4.98. The van der Waals surface area contributed by atoms with Gasteiger partial charge in [-0.05, 0) is 36.2 Å². The Bertz CT molecular complexity index is 670. The third-order valence-corrected chi connectivity index (χ3v) is 3.01. The van der Waals surface area contributed by atoms with Crippen LogP contribution in [0.15, 0.2) is 42.6 Å². The SMILES string of the molecule is CCc1ccc(NC(=O)c2cccnc2OCC(F)(F)F)cc1. The molecule has 4 nitrogen and oxygen atoms in total. The molecule has 0 saturated carbocycles. The van der Waals surface area contributed by atoms with Crippen LogP contribution in [0.2, 0.25) is 0 Å². The number of carbonyl (C=O) groups is 1. The number of nitrogens with one attached hydrogen (secondary N) is 1. The van der Waals surface area contributed by atoms with Crippen LogP contribution < -0.4 is 10.1 Å². The van der Waals surface area contributed by atoms with Crippen molar-refractivity contribution in [1.82, 2.24) is 4.98 Å². The maximum Gasteiger partial charge on any atom is 0.422 e. The molecule has 0 bridgehead atoms. The Balaban J connectivity index is 2.12. The molecule has 1 amide bonds. The van der Waals surface area contributed by atoms with Crippen LogP contribution in [0.1, 0.15) is 22.8 Å². The van der Waals surface area contributed by atoms with E-state index in [-0.39, 0.29) is 11.4 Å². The molecule has 2 rings (SSSR count). The summed E-state index contributed by atoms with van der Waals surface area (Å²) in [5.41, 5.74) is 1.59. The molecule has 0 aliphatic heterocycles. The van der Waals surface area contributed by atoms with Crippen LogP contribution >= 0.6 is 0 Å². The zero-order valence-corrected chi connectivity index (χ0v) is 12.4. The van der Waals surface area contributed by atoms with Gasteiger partial charge < -0.3 is 10.1 Å². The van der Waals surface area contributed by atoms with Gasteiger partial charge in [0.05, 0.1) is 0 Å². The van der Waals surface area contributed by atoms with Crippen LogP contribution in [-0.2, 0) is 6.42 Å². The molecule has 122 valence electrons. The summed E-state index contributed by atoms with van der Waals surface area (Å²) in [5, 5.41) is 2.61. The lowest BCUT2D eigenvalue weighted by Crippen LogP contribution is -2.22. The number of anilines is 1. The molecule has 1 N–H and O–H groups in total. The Labute approximate surface area is 131 Å². The Hall–Kier alpha value is -2.57. The normalized spacial score (nSPS) is 11.1. The molecule has 1 heterocycles. The van der Waals surface area contributed by atoms with Crippen LogP contribution in [0.3, 0.4) is 0 Å². The topological polar surface area (TPSA) is 51.2 Å². The van der Waals surface area contributed by atoms with Gasteiger partial charge in [-0.1, -0.05) is 19.1 Å². The molecular weight excluding hydrogens is 309 g/mol. The molecule has 0 fully saturated rings. The molecule has 1 aromatic heterocycles. The van der Waals surface area contributed by atoms with Gasteiger partial charge in [0.25, 0.3) is 5.91 Å². The fourth-order valence-electron chi connectivity index (χ4n) is 1.85. The second-order valence-electron chi connectivity index (χ2n) is 4.76. The van der Waals surface area contributed by atoms with Crippen LogP contribution in [0, 0.1) is 0 Å². The minimum Gasteiger partial charge on any atom is -0.467 e. The fourth-order valence-corrected chi connectivity index (χ4v) is 1.85. The van der Waals surface area contributed by atoms with E-state index in [1.165, 1.54) is 18.3 Å². The van der Waals surface area contributed by atoms with E-state index in [4.69, 9.17) is 0 Å². The summed E-state index contributed by atoms with van der Waals surface area (Å²) in [7, 11) is 0. The van der Waals surface area contributed by atoms with Crippen molar-refractivity contribution in [3.05, 3.63) is 53.7 Å². The first kappa shape index (κ1) is 16.8. The summed E-state index contributed by atoms with van der Waals surface area (Å²) in [4.78, 5) is 15.9. The van der Waals surface area contributed by atoms with Gasteiger partial charge in [0.1, 0.15) is 5.56 Å². The smallest absolute Gasteiger partial charge is 0.422 e. The van der Waals surface area contributed by atoms with E-state index < -0.39 is 18.7 Å². The first-order valence-electron chi connectivity index (χ1n) is 6.94. The van der Waals surface area contributed by atoms with E-state index >= 15 is 0 Å². The summed E-state index contributed by atoms with van der Waals surface area (Å²) < 4.78 is 41.3. The molecule has 2 aromatic rings. The highest BCUT2D eigenvalue weighted by Gasteiger charge is 2.29. The van der Waals surface area contributed by atoms with Crippen LogP contribution in [0.4, 0.5) is 18.9 Å². The van der Waals surface area contributed by atoms with Gasteiger partial charge in [0.2, 0.25) is 5.88 Å².